The van der Waals surface area contributed by atoms with Crippen molar-refractivity contribution in [2.24, 2.45) is 5.11 Å². The zero-order valence-corrected chi connectivity index (χ0v) is 17.2. The Morgan fingerprint density at radius 2 is 1.68 bits per heavy atom. The van der Waals surface area contributed by atoms with Crippen LogP contribution in [-0.2, 0) is 43.4 Å². The molecule has 5 atom stereocenters. The van der Waals surface area contributed by atoms with Gasteiger partial charge < -0.3 is 14.2 Å². The monoisotopic (exact) mass is 483 g/mol. The van der Waals surface area contributed by atoms with Crippen LogP contribution >= 0.6 is 0 Å². The molecular weight excluding hydrogens is 466 g/mol. The number of ether oxygens (including phenoxy) is 3. The molecule has 172 valence electrons. The normalized spacial score (nSPS) is 26.6. The number of methoxy groups -OCH3 is 1. The number of hydrogen-bond acceptors (Lipinski definition) is 11. The maximum Gasteiger partial charge on any atom is 0.397 e. The number of nitrogens with zero attached hydrogens (tertiary/aromatic N) is 3. The van der Waals surface area contributed by atoms with Gasteiger partial charge in [0.1, 0.15) is 6.10 Å². The maximum atomic E-state index is 12.5. The minimum absolute atomic E-state index is 0.0224. The SMILES string of the molecule is CO[C@H]1O[C@H](CN=[N+]=[N-])[C@@H](OS(=O)(=O)O)[C@H](OC(=O)c2ccccc2)[C@@H]1OS(=O)(=O)O. The van der Waals surface area contributed by atoms with Gasteiger partial charge in [0.15, 0.2) is 18.5 Å². The minimum Gasteiger partial charge on any atom is -0.453 e. The molecule has 0 aromatic heterocycles. The fraction of sp³-hybridized carbons (Fsp3) is 0.500. The van der Waals surface area contributed by atoms with Crippen LogP contribution < -0.4 is 0 Å². The Morgan fingerprint density at radius 3 is 2.19 bits per heavy atom. The van der Waals surface area contributed by atoms with Crippen molar-refractivity contribution in [2.75, 3.05) is 13.7 Å². The summed E-state index contributed by atoms with van der Waals surface area (Å²) >= 11 is 0. The van der Waals surface area contributed by atoms with Crippen molar-refractivity contribution in [3.8, 4) is 0 Å². The van der Waals surface area contributed by atoms with Gasteiger partial charge in [-0.1, -0.05) is 23.3 Å². The van der Waals surface area contributed by atoms with Crippen LogP contribution in [-0.4, -0.2) is 76.3 Å². The Kier molecular flexibility index (Phi) is 8.29. The van der Waals surface area contributed by atoms with Crippen molar-refractivity contribution in [2.45, 2.75) is 30.7 Å². The van der Waals surface area contributed by atoms with Crippen LogP contribution in [0.3, 0.4) is 0 Å². The predicted molar refractivity (Wildman–Crippen MR) is 98.2 cm³/mol. The van der Waals surface area contributed by atoms with E-state index in [0.717, 1.165) is 7.11 Å². The highest BCUT2D eigenvalue weighted by Gasteiger charge is 2.53. The molecule has 0 radical (unpaired) electrons. The first kappa shape index (κ1) is 24.9. The molecule has 1 aromatic rings. The highest BCUT2D eigenvalue weighted by Crippen LogP contribution is 2.31. The van der Waals surface area contributed by atoms with E-state index in [0.29, 0.717) is 0 Å². The molecule has 1 saturated heterocycles. The average molecular weight is 483 g/mol. The van der Waals surface area contributed by atoms with E-state index < -0.39 is 64.0 Å². The lowest BCUT2D eigenvalue weighted by Crippen LogP contribution is -2.62. The van der Waals surface area contributed by atoms with Crippen LogP contribution in [0.4, 0.5) is 0 Å². The number of benzene rings is 1. The van der Waals surface area contributed by atoms with Crippen LogP contribution in [0.2, 0.25) is 0 Å². The number of rotatable bonds is 9. The van der Waals surface area contributed by atoms with Crippen LogP contribution in [0.15, 0.2) is 35.4 Å². The van der Waals surface area contributed by atoms with Gasteiger partial charge in [0.05, 0.1) is 18.2 Å². The summed E-state index contributed by atoms with van der Waals surface area (Å²) in [5.74, 6) is -1.07. The van der Waals surface area contributed by atoms with Gasteiger partial charge in [0.2, 0.25) is 0 Å². The molecule has 0 saturated carbocycles. The second-order valence-electron chi connectivity index (χ2n) is 5.91. The molecule has 31 heavy (non-hydrogen) atoms. The van der Waals surface area contributed by atoms with E-state index in [2.05, 4.69) is 18.4 Å². The molecule has 17 heteroatoms. The molecular formula is C14H17N3O12S2. The number of carbonyl (C=O) groups is 1. The molecule has 2 N–H and O–H groups in total. The van der Waals surface area contributed by atoms with Crippen molar-refractivity contribution in [3.05, 3.63) is 46.3 Å². The second kappa shape index (κ2) is 10.3. The number of carbonyl (C=O) groups excluding carboxylic acids is 1. The summed E-state index contributed by atoms with van der Waals surface area (Å²) in [6.45, 7) is -0.603. The van der Waals surface area contributed by atoms with Crippen molar-refractivity contribution in [1.82, 2.24) is 0 Å². The highest BCUT2D eigenvalue weighted by atomic mass is 32.3. The first-order chi connectivity index (χ1) is 14.4. The lowest BCUT2D eigenvalue weighted by atomic mass is 9.98. The Balaban J connectivity index is 2.53. The zero-order chi connectivity index (χ0) is 23.2. The average Bonchev–Trinajstić information content (AvgIpc) is 2.68. The van der Waals surface area contributed by atoms with Gasteiger partial charge in [-0.25, -0.2) is 13.2 Å². The van der Waals surface area contributed by atoms with E-state index >= 15 is 0 Å². The van der Waals surface area contributed by atoms with Gasteiger partial charge in [0, 0.05) is 12.0 Å². The lowest BCUT2D eigenvalue weighted by molar-refractivity contribution is -0.276. The maximum absolute atomic E-state index is 12.5. The molecule has 15 nitrogen and oxygen atoms in total. The van der Waals surface area contributed by atoms with E-state index in [1.165, 1.54) is 24.3 Å². The van der Waals surface area contributed by atoms with Crippen LogP contribution in [0, 0.1) is 0 Å². The van der Waals surface area contributed by atoms with E-state index in [-0.39, 0.29) is 5.56 Å². The molecule has 1 fully saturated rings. The summed E-state index contributed by atoms with van der Waals surface area (Å²) in [7, 11) is -9.39. The summed E-state index contributed by atoms with van der Waals surface area (Å²) in [4.78, 5) is 15.0. The third-order valence-electron chi connectivity index (χ3n) is 3.87. The van der Waals surface area contributed by atoms with E-state index in [9.17, 15) is 21.6 Å². The molecule has 1 aliphatic rings. The molecule has 0 unspecified atom stereocenters. The Morgan fingerprint density at radius 1 is 1.10 bits per heavy atom. The Hall–Kier alpha value is -2.34. The fourth-order valence-electron chi connectivity index (χ4n) is 2.73. The standard InChI is InChI=1S/C14H17N3O12S2/c1-25-14-12(29-31(22,23)24)11(27-13(18)8-5-3-2-4-6-8)10(28-30(19,20)21)9(26-14)7-16-17-15/h2-6,9-12,14H,7H2,1H3,(H,19,20,21)(H,22,23,24)/t9-,10-,11+,12+,14+/m1/s1. The third-order valence-corrected chi connectivity index (χ3v) is 4.80. The summed E-state index contributed by atoms with van der Waals surface area (Å²) in [6, 6.07) is 7.24. The molecule has 2 rings (SSSR count). The van der Waals surface area contributed by atoms with E-state index in [4.69, 9.17) is 28.8 Å². The lowest BCUT2D eigenvalue weighted by Gasteiger charge is -2.43. The molecule has 1 heterocycles. The van der Waals surface area contributed by atoms with Gasteiger partial charge in [-0.05, 0) is 17.7 Å². The van der Waals surface area contributed by atoms with E-state index in [1.54, 1.807) is 6.07 Å². The molecule has 1 aliphatic heterocycles. The summed E-state index contributed by atoms with van der Waals surface area (Å²) in [5.41, 5.74) is 8.52. The van der Waals surface area contributed by atoms with Crippen molar-refractivity contribution >= 4 is 26.8 Å². The van der Waals surface area contributed by atoms with E-state index in [1.807, 2.05) is 0 Å². The number of azide groups is 1. The minimum atomic E-state index is -5.22. The van der Waals surface area contributed by atoms with Crippen LogP contribution in [0.5, 0.6) is 0 Å². The van der Waals surface area contributed by atoms with Crippen molar-refractivity contribution < 1.29 is 53.3 Å². The molecule has 0 bridgehead atoms. The van der Waals surface area contributed by atoms with Crippen molar-refractivity contribution in [1.29, 1.82) is 0 Å². The number of hydrogen-bond donors (Lipinski definition) is 2. The molecule has 1 aromatic carbocycles. The summed E-state index contributed by atoms with van der Waals surface area (Å²) in [5, 5.41) is 3.21. The largest absolute Gasteiger partial charge is 0.453 e. The molecule has 0 spiro atoms. The Labute approximate surface area is 176 Å². The van der Waals surface area contributed by atoms with Crippen molar-refractivity contribution in [3.63, 3.8) is 0 Å². The summed E-state index contributed by atoms with van der Waals surface area (Å²) in [6.07, 6.45) is -9.09. The van der Waals surface area contributed by atoms with Crippen LogP contribution in [0.1, 0.15) is 10.4 Å². The Bertz CT molecular complexity index is 1030. The van der Waals surface area contributed by atoms with Gasteiger partial charge in [-0.3, -0.25) is 9.11 Å². The van der Waals surface area contributed by atoms with Crippen LogP contribution in [0.25, 0.3) is 10.4 Å². The fourth-order valence-corrected chi connectivity index (χ4v) is 3.73. The quantitative estimate of drug-likeness (QED) is 0.159. The summed E-state index contributed by atoms with van der Waals surface area (Å²) < 4.78 is 88.0. The smallest absolute Gasteiger partial charge is 0.397 e. The predicted octanol–water partition coefficient (Wildman–Crippen LogP) is 0.270. The first-order valence-corrected chi connectivity index (χ1v) is 10.9. The van der Waals surface area contributed by atoms with Gasteiger partial charge in [0.25, 0.3) is 0 Å². The van der Waals surface area contributed by atoms with Gasteiger partial charge >= 0.3 is 26.8 Å². The second-order valence-corrected chi connectivity index (χ2v) is 8.00. The number of esters is 1. The zero-order valence-electron chi connectivity index (χ0n) is 15.6. The topological polar surface area (TPSA) is 221 Å². The highest BCUT2D eigenvalue weighted by molar-refractivity contribution is 7.81. The third kappa shape index (κ3) is 7.39. The van der Waals surface area contributed by atoms with Gasteiger partial charge in [-0.2, -0.15) is 16.8 Å². The van der Waals surface area contributed by atoms with Gasteiger partial charge in [-0.15, -0.1) is 0 Å². The molecule has 0 amide bonds. The molecule has 0 aliphatic carbocycles. The first-order valence-electron chi connectivity index (χ1n) is 8.21.